The maximum atomic E-state index is 13.3. The van der Waals surface area contributed by atoms with Gasteiger partial charge in [0.1, 0.15) is 19.8 Å². The predicted molar refractivity (Wildman–Crippen MR) is 276 cm³/mol. The van der Waals surface area contributed by atoms with Gasteiger partial charge in [0.05, 0.1) is 12.8 Å². The Morgan fingerprint density at radius 1 is 0.398 bits per heavy atom. The zero-order valence-electron chi connectivity index (χ0n) is 48.6. The van der Waals surface area contributed by atoms with Crippen LogP contribution in [-0.2, 0) is 62.6 Å². The Morgan fingerprint density at radius 2 is 0.670 bits per heavy atom. The lowest BCUT2D eigenvalue weighted by Crippen LogP contribution is -2.36. The van der Waals surface area contributed by atoms with Crippen LogP contribution in [0.4, 0.5) is 92.6 Å². The van der Waals surface area contributed by atoms with Crippen LogP contribution in [0.3, 0.4) is 0 Å². The van der Waals surface area contributed by atoms with Crippen LogP contribution in [-0.4, -0.2) is 137 Å². The predicted octanol–water partition coefficient (Wildman–Crippen LogP) is 17.0. The summed E-state index contributed by atoms with van der Waals surface area (Å²) in [5, 5.41) is 2.65. The molecular formula is C56H80F20N2O10. The summed E-state index contributed by atoms with van der Waals surface area (Å²) in [6, 6.07) is 4.54. The van der Waals surface area contributed by atoms with Crippen LogP contribution < -0.4 is 5.32 Å². The Morgan fingerprint density at radius 3 is 0.955 bits per heavy atom. The van der Waals surface area contributed by atoms with E-state index in [0.717, 1.165) is 25.9 Å². The zero-order valence-corrected chi connectivity index (χ0v) is 48.6. The standard InChI is InChI=1S/C56H80F20N2O10/c57-49(58,53(65,66)67)23-9-1-5-15-31-82-46(83-32-16-6-2-10-24-50(59,60)54(68,69)70)21-19-44(79)86-38-41-35-42(37-43(36-41)40-88-48(81)77-27-30-78-28-13-14-29-78)39-87-45(80)20-22-47(84-33-17-7-3-11-25-51(61,62)55(71,72)73)85-34-18-8-4-12-26-52(63,64)56(74,75)76/h35-37,46-47H,1-34,38-40H2,(H,77,81). The number of carbonyl (C=O) groups is 3. The minimum Gasteiger partial charge on any atom is -0.461 e. The minimum absolute atomic E-state index is 0.00847. The maximum Gasteiger partial charge on any atom is 0.453 e. The Bertz CT molecular complexity index is 1910. The average Bonchev–Trinajstić information content (AvgIpc) is 4.10. The summed E-state index contributed by atoms with van der Waals surface area (Å²) in [7, 11) is 0. The highest BCUT2D eigenvalue weighted by Gasteiger charge is 2.58. The first-order chi connectivity index (χ1) is 40.9. The molecule has 1 saturated heterocycles. The number of alkyl carbamates (subject to hydrolysis) is 1. The highest BCUT2D eigenvalue weighted by molar-refractivity contribution is 5.70. The van der Waals surface area contributed by atoms with Crippen molar-refractivity contribution in [2.75, 3.05) is 52.6 Å². The summed E-state index contributed by atoms with van der Waals surface area (Å²) < 4.78 is 296. The normalized spacial score (nSPS) is 14.3. The molecule has 32 heteroatoms. The van der Waals surface area contributed by atoms with Gasteiger partial charge in [-0.15, -0.1) is 0 Å². The van der Waals surface area contributed by atoms with Crippen LogP contribution >= 0.6 is 0 Å². The zero-order chi connectivity index (χ0) is 66.1. The second kappa shape index (κ2) is 39.3. The fraction of sp³-hybridized carbons (Fsp3) is 0.839. The van der Waals surface area contributed by atoms with E-state index in [2.05, 4.69) is 10.2 Å². The van der Waals surface area contributed by atoms with Crippen LogP contribution in [0, 0.1) is 0 Å². The first kappa shape index (κ1) is 79.9. The molecule has 0 saturated carbocycles. The van der Waals surface area contributed by atoms with E-state index < -0.39 is 144 Å². The van der Waals surface area contributed by atoms with E-state index in [4.69, 9.17) is 33.2 Å². The molecule has 0 aromatic heterocycles. The number of amides is 1. The number of alkyl halides is 20. The van der Waals surface area contributed by atoms with Crippen molar-refractivity contribution in [2.24, 2.45) is 0 Å². The van der Waals surface area contributed by atoms with E-state index in [0.29, 0.717) is 23.2 Å². The quantitative estimate of drug-likeness (QED) is 0.0220. The van der Waals surface area contributed by atoms with Crippen molar-refractivity contribution < 1.29 is 135 Å². The molecule has 2 rings (SSSR count). The highest BCUT2D eigenvalue weighted by atomic mass is 19.4. The summed E-state index contributed by atoms with van der Waals surface area (Å²) in [5.74, 6) is -21.1. The molecule has 0 atom stereocenters. The number of nitrogens with one attached hydrogen (secondary N) is 1. The smallest absolute Gasteiger partial charge is 0.453 e. The molecule has 0 bridgehead atoms. The van der Waals surface area contributed by atoms with E-state index >= 15 is 0 Å². The molecule has 1 aliphatic rings. The van der Waals surface area contributed by atoms with Crippen molar-refractivity contribution in [3.05, 3.63) is 34.9 Å². The number of hydrogen-bond acceptors (Lipinski definition) is 11. The average molecular weight is 1320 g/mol. The summed E-state index contributed by atoms with van der Waals surface area (Å²) >= 11 is 0. The fourth-order valence-electron chi connectivity index (χ4n) is 8.62. The molecule has 12 nitrogen and oxygen atoms in total. The molecule has 0 aliphatic carbocycles. The van der Waals surface area contributed by atoms with E-state index in [9.17, 15) is 102 Å². The Balaban J connectivity index is 2.11. The van der Waals surface area contributed by atoms with Crippen molar-refractivity contribution in [2.45, 2.75) is 248 Å². The molecule has 514 valence electrons. The number of unbranched alkanes of at least 4 members (excludes halogenated alkanes) is 12. The van der Waals surface area contributed by atoms with Crippen LogP contribution in [0.25, 0.3) is 0 Å². The lowest BCUT2D eigenvalue weighted by atomic mass is 10.1. The van der Waals surface area contributed by atoms with Gasteiger partial charge in [0.15, 0.2) is 12.6 Å². The van der Waals surface area contributed by atoms with Crippen LogP contribution in [0.15, 0.2) is 18.2 Å². The van der Waals surface area contributed by atoms with Gasteiger partial charge in [0.25, 0.3) is 0 Å². The van der Waals surface area contributed by atoms with E-state index in [-0.39, 0.29) is 142 Å². The van der Waals surface area contributed by atoms with E-state index in [1.807, 2.05) is 0 Å². The van der Waals surface area contributed by atoms with Gasteiger partial charge in [0, 0.05) is 78.0 Å². The highest BCUT2D eigenvalue weighted by Crippen LogP contribution is 2.42. The van der Waals surface area contributed by atoms with E-state index in [1.54, 1.807) is 0 Å². The van der Waals surface area contributed by atoms with E-state index in [1.165, 1.54) is 18.2 Å². The SMILES string of the molecule is O=C(CCC(OCCCCCCC(F)(F)C(F)(F)F)OCCCCCCC(F)(F)C(F)(F)F)OCc1cc(COC(=O)CCC(OCCCCCCC(F)(F)C(F)(F)F)OCCCCCCC(F)(F)C(F)(F)F)cc(COC(=O)NCCN2CCCC2)c1. The largest absolute Gasteiger partial charge is 0.461 e. The van der Waals surface area contributed by atoms with Gasteiger partial charge in [-0.1, -0.05) is 51.4 Å². The van der Waals surface area contributed by atoms with Gasteiger partial charge in [-0.05, 0) is 112 Å². The number of carbonyl (C=O) groups excluding carboxylic acids is 3. The second-order valence-corrected chi connectivity index (χ2v) is 21.4. The van der Waals surface area contributed by atoms with Crippen molar-refractivity contribution >= 4 is 18.0 Å². The number of nitrogens with zero attached hydrogens (tertiary/aromatic N) is 1. The van der Waals surface area contributed by atoms with Crippen LogP contribution in [0.5, 0.6) is 0 Å². The first-order valence-electron chi connectivity index (χ1n) is 29.3. The molecule has 1 fully saturated rings. The molecule has 0 radical (unpaired) electrons. The van der Waals surface area contributed by atoms with Gasteiger partial charge >= 0.3 is 66.4 Å². The molecule has 88 heavy (non-hydrogen) atoms. The molecule has 1 aromatic carbocycles. The Kier molecular flexibility index (Phi) is 35.7. The third-order valence-corrected chi connectivity index (χ3v) is 13.8. The molecular weight excluding hydrogens is 1240 g/mol. The molecule has 1 amide bonds. The summed E-state index contributed by atoms with van der Waals surface area (Å²) in [6.45, 7) is 1.10. The third-order valence-electron chi connectivity index (χ3n) is 13.8. The van der Waals surface area contributed by atoms with Crippen LogP contribution in [0.2, 0.25) is 0 Å². The van der Waals surface area contributed by atoms with Crippen molar-refractivity contribution in [1.82, 2.24) is 10.2 Å². The van der Waals surface area contributed by atoms with Crippen molar-refractivity contribution in [1.29, 1.82) is 0 Å². The molecule has 0 unspecified atom stereocenters. The number of hydrogen-bond donors (Lipinski definition) is 1. The lowest BCUT2D eigenvalue weighted by Gasteiger charge is -2.20. The number of likely N-dealkylation sites (tertiary alicyclic amines) is 1. The summed E-state index contributed by atoms with van der Waals surface area (Å²) in [5.41, 5.74) is 0.972. The second-order valence-electron chi connectivity index (χ2n) is 21.4. The molecule has 1 heterocycles. The fourth-order valence-corrected chi connectivity index (χ4v) is 8.62. The monoisotopic (exact) mass is 1320 g/mol. The Labute approximate surface area is 498 Å². The summed E-state index contributed by atoms with van der Waals surface area (Å²) in [6.07, 6.45) is -30.9. The van der Waals surface area contributed by atoms with Gasteiger partial charge in [-0.3, -0.25) is 9.59 Å². The number of benzene rings is 1. The molecule has 1 N–H and O–H groups in total. The van der Waals surface area contributed by atoms with Gasteiger partial charge in [0.2, 0.25) is 0 Å². The molecule has 1 aromatic rings. The molecule has 0 spiro atoms. The summed E-state index contributed by atoms with van der Waals surface area (Å²) in [4.78, 5) is 41.0. The van der Waals surface area contributed by atoms with Crippen LogP contribution in [0.1, 0.15) is 184 Å². The van der Waals surface area contributed by atoms with Crippen molar-refractivity contribution in [3.63, 3.8) is 0 Å². The van der Waals surface area contributed by atoms with Gasteiger partial charge < -0.3 is 43.4 Å². The van der Waals surface area contributed by atoms with Gasteiger partial charge in [-0.25, -0.2) is 4.79 Å². The maximum absolute atomic E-state index is 13.3. The molecule has 1 aliphatic heterocycles. The lowest BCUT2D eigenvalue weighted by molar-refractivity contribution is -0.284. The number of halogens is 20. The van der Waals surface area contributed by atoms with Crippen molar-refractivity contribution in [3.8, 4) is 0 Å². The Hall–Kier alpha value is -4.17. The topological polar surface area (TPSA) is 131 Å². The number of ether oxygens (including phenoxy) is 7. The number of esters is 2. The third kappa shape index (κ3) is 33.8. The van der Waals surface area contributed by atoms with Gasteiger partial charge in [-0.2, -0.15) is 87.8 Å². The minimum atomic E-state index is -5.70. The first-order valence-corrected chi connectivity index (χ1v) is 29.3. The number of rotatable bonds is 47.